The summed E-state index contributed by atoms with van der Waals surface area (Å²) in [5.74, 6) is 2.29. The largest absolute Gasteiger partial charge is 0.486 e. The van der Waals surface area contributed by atoms with Gasteiger partial charge in [-0.3, -0.25) is 0 Å². The smallest absolute Gasteiger partial charge is 0.173 e. The van der Waals surface area contributed by atoms with Crippen molar-refractivity contribution in [2.75, 3.05) is 25.1 Å². The van der Waals surface area contributed by atoms with Crippen LogP contribution in [0.4, 0.5) is 5.69 Å². The second kappa shape index (κ2) is 7.80. The van der Waals surface area contributed by atoms with Gasteiger partial charge in [0.05, 0.1) is 6.04 Å². The Kier molecular flexibility index (Phi) is 5.25. The van der Waals surface area contributed by atoms with Gasteiger partial charge in [0.15, 0.2) is 16.6 Å². The van der Waals surface area contributed by atoms with E-state index in [9.17, 15) is 0 Å². The van der Waals surface area contributed by atoms with Crippen LogP contribution in [0.3, 0.4) is 0 Å². The molecule has 0 spiro atoms. The number of ether oxygens (including phenoxy) is 2. The highest BCUT2D eigenvalue weighted by Crippen LogP contribution is 2.35. The fourth-order valence-electron chi connectivity index (χ4n) is 3.95. The number of thiocarbonyl (C=S) groups is 1. The highest BCUT2D eigenvalue weighted by atomic mass is 32.1. The van der Waals surface area contributed by atoms with Crippen LogP contribution >= 0.6 is 12.2 Å². The third kappa shape index (κ3) is 3.90. The first-order valence-corrected chi connectivity index (χ1v) is 10.1. The Bertz CT molecular complexity index is 820. The molecular weight excluding hydrogens is 358 g/mol. The number of hydrogen-bond donors (Lipinski definition) is 1. The predicted molar refractivity (Wildman–Crippen MR) is 112 cm³/mol. The summed E-state index contributed by atoms with van der Waals surface area (Å²) in [5.41, 5.74) is 2.25. The van der Waals surface area contributed by atoms with E-state index in [0.717, 1.165) is 47.6 Å². The Balaban J connectivity index is 1.55. The lowest BCUT2D eigenvalue weighted by Crippen LogP contribution is -2.38. The van der Waals surface area contributed by atoms with Gasteiger partial charge in [-0.15, -0.1) is 0 Å². The Morgan fingerprint density at radius 1 is 1.11 bits per heavy atom. The lowest BCUT2D eigenvalue weighted by atomic mass is 10.0. The molecule has 1 aromatic heterocycles. The molecule has 3 heterocycles. The van der Waals surface area contributed by atoms with Gasteiger partial charge in [0.1, 0.15) is 13.2 Å². The zero-order valence-electron chi connectivity index (χ0n) is 16.0. The van der Waals surface area contributed by atoms with Gasteiger partial charge in [-0.05, 0) is 61.7 Å². The summed E-state index contributed by atoms with van der Waals surface area (Å²) in [6.07, 6.45) is 5.60. The first-order valence-electron chi connectivity index (χ1n) is 9.70. The number of anilines is 1. The summed E-state index contributed by atoms with van der Waals surface area (Å²) in [5, 5.41) is 4.20. The molecule has 1 saturated heterocycles. The molecule has 5 nitrogen and oxygen atoms in total. The molecule has 0 bridgehead atoms. The number of nitrogens with one attached hydrogen (secondary N) is 1. The molecule has 4 rings (SSSR count). The van der Waals surface area contributed by atoms with Gasteiger partial charge in [-0.2, -0.15) is 0 Å². The topological polar surface area (TPSA) is 38.7 Å². The standard InChI is InChI=1S/C21H27N3O2S/c1-15-5-7-18(17-4-3-10-23(17)2)24(11-9-15)21(27)22-16-6-8-19-20(14-16)26-13-12-25-19/h3-4,6,8,10,14-15,18H,5,7,9,11-13H2,1-2H3,(H,22,27)/t15-,18-/m0/s1. The third-order valence-corrected chi connectivity index (χ3v) is 5.89. The quantitative estimate of drug-likeness (QED) is 0.778. The monoisotopic (exact) mass is 385 g/mol. The van der Waals surface area contributed by atoms with Gasteiger partial charge in [-0.1, -0.05) is 6.92 Å². The summed E-state index contributed by atoms with van der Waals surface area (Å²) in [4.78, 5) is 2.35. The average molecular weight is 386 g/mol. The maximum absolute atomic E-state index is 5.84. The van der Waals surface area contributed by atoms with Crippen molar-refractivity contribution in [1.82, 2.24) is 9.47 Å². The van der Waals surface area contributed by atoms with Gasteiger partial charge in [0.2, 0.25) is 0 Å². The van der Waals surface area contributed by atoms with Gasteiger partial charge < -0.3 is 24.3 Å². The van der Waals surface area contributed by atoms with E-state index in [4.69, 9.17) is 21.7 Å². The van der Waals surface area contributed by atoms with Gasteiger partial charge >= 0.3 is 0 Å². The fourth-order valence-corrected chi connectivity index (χ4v) is 4.28. The maximum atomic E-state index is 5.84. The van der Waals surface area contributed by atoms with Crippen molar-refractivity contribution in [3.63, 3.8) is 0 Å². The number of aryl methyl sites for hydroxylation is 1. The van der Waals surface area contributed by atoms with E-state index in [0.29, 0.717) is 19.3 Å². The van der Waals surface area contributed by atoms with Crippen molar-refractivity contribution in [3.05, 3.63) is 42.2 Å². The van der Waals surface area contributed by atoms with Crippen molar-refractivity contribution in [2.24, 2.45) is 13.0 Å². The van der Waals surface area contributed by atoms with Crippen LogP contribution in [0.5, 0.6) is 11.5 Å². The molecular formula is C21H27N3O2S. The van der Waals surface area contributed by atoms with E-state index < -0.39 is 0 Å². The van der Waals surface area contributed by atoms with Crippen molar-refractivity contribution in [2.45, 2.75) is 32.2 Å². The number of aromatic nitrogens is 1. The molecule has 0 radical (unpaired) electrons. The fraction of sp³-hybridized carbons (Fsp3) is 0.476. The zero-order valence-corrected chi connectivity index (χ0v) is 16.8. The van der Waals surface area contributed by atoms with Crippen LogP contribution in [0.1, 0.15) is 37.9 Å². The summed E-state index contributed by atoms with van der Waals surface area (Å²) in [6.45, 7) is 4.49. The molecule has 0 amide bonds. The lowest BCUT2D eigenvalue weighted by Gasteiger charge is -2.33. The highest BCUT2D eigenvalue weighted by Gasteiger charge is 2.28. The van der Waals surface area contributed by atoms with Crippen molar-refractivity contribution in [3.8, 4) is 11.5 Å². The predicted octanol–water partition coefficient (Wildman–Crippen LogP) is 4.36. The molecule has 0 saturated carbocycles. The Morgan fingerprint density at radius 2 is 1.93 bits per heavy atom. The number of hydrogen-bond acceptors (Lipinski definition) is 3. The molecule has 1 fully saturated rings. The molecule has 144 valence electrons. The number of fused-ring (bicyclic) bond motifs is 1. The molecule has 0 aliphatic carbocycles. The van der Waals surface area contributed by atoms with Crippen molar-refractivity contribution in [1.29, 1.82) is 0 Å². The molecule has 2 atom stereocenters. The molecule has 27 heavy (non-hydrogen) atoms. The van der Waals surface area contributed by atoms with Crippen molar-refractivity contribution >= 4 is 23.0 Å². The van der Waals surface area contributed by atoms with E-state index in [-0.39, 0.29) is 0 Å². The number of likely N-dealkylation sites (tertiary alicyclic amines) is 1. The van der Waals surface area contributed by atoms with E-state index in [1.54, 1.807) is 0 Å². The van der Waals surface area contributed by atoms with E-state index >= 15 is 0 Å². The first kappa shape index (κ1) is 18.2. The van der Waals surface area contributed by atoms with Crippen LogP contribution in [0.15, 0.2) is 36.5 Å². The molecule has 1 N–H and O–H groups in total. The maximum Gasteiger partial charge on any atom is 0.173 e. The van der Waals surface area contributed by atoms with Crippen molar-refractivity contribution < 1.29 is 9.47 Å². The Hall–Kier alpha value is -2.21. The molecule has 0 unspecified atom stereocenters. The van der Waals surface area contributed by atoms with Gasteiger partial charge in [-0.25, -0.2) is 0 Å². The Labute approximate surface area is 166 Å². The second-order valence-corrected chi connectivity index (χ2v) is 7.90. The zero-order chi connectivity index (χ0) is 18.8. The second-order valence-electron chi connectivity index (χ2n) is 7.51. The average Bonchev–Trinajstić information content (AvgIpc) is 2.99. The van der Waals surface area contributed by atoms with Crippen LogP contribution in [0.2, 0.25) is 0 Å². The summed E-state index contributed by atoms with van der Waals surface area (Å²) in [6, 6.07) is 10.5. The van der Waals surface area contributed by atoms with Crippen LogP contribution in [0, 0.1) is 5.92 Å². The van der Waals surface area contributed by atoms with Crippen LogP contribution in [-0.4, -0.2) is 34.3 Å². The van der Waals surface area contributed by atoms with E-state index in [2.05, 4.69) is 47.1 Å². The van der Waals surface area contributed by atoms with Crippen LogP contribution in [0.25, 0.3) is 0 Å². The van der Waals surface area contributed by atoms with E-state index in [1.807, 2.05) is 18.2 Å². The van der Waals surface area contributed by atoms with Gasteiger partial charge in [0.25, 0.3) is 0 Å². The number of rotatable bonds is 2. The molecule has 2 aliphatic rings. The van der Waals surface area contributed by atoms with Gasteiger partial charge in [0, 0.05) is 37.2 Å². The summed E-state index contributed by atoms with van der Waals surface area (Å²) >= 11 is 5.84. The minimum atomic E-state index is 0.298. The Morgan fingerprint density at radius 3 is 2.70 bits per heavy atom. The summed E-state index contributed by atoms with van der Waals surface area (Å²) < 4.78 is 13.5. The summed E-state index contributed by atoms with van der Waals surface area (Å²) in [7, 11) is 2.11. The normalized spacial score (nSPS) is 22.2. The molecule has 1 aromatic carbocycles. The third-order valence-electron chi connectivity index (χ3n) is 5.55. The number of benzene rings is 1. The van der Waals surface area contributed by atoms with E-state index in [1.165, 1.54) is 12.1 Å². The SMILES string of the molecule is C[C@H]1CC[C@@H](c2cccn2C)N(C(=S)Nc2ccc3c(c2)OCCO3)CC1. The van der Waals surface area contributed by atoms with Crippen LogP contribution < -0.4 is 14.8 Å². The number of nitrogens with zero attached hydrogens (tertiary/aromatic N) is 2. The molecule has 6 heteroatoms. The minimum Gasteiger partial charge on any atom is -0.486 e. The molecule has 2 aromatic rings. The lowest BCUT2D eigenvalue weighted by molar-refractivity contribution is 0.171. The minimum absolute atomic E-state index is 0.298. The molecule has 2 aliphatic heterocycles. The highest BCUT2D eigenvalue weighted by molar-refractivity contribution is 7.80. The first-order chi connectivity index (χ1) is 13.1. The van der Waals surface area contributed by atoms with Crippen LogP contribution in [-0.2, 0) is 7.05 Å².